The van der Waals surface area contributed by atoms with E-state index < -0.39 is 11.4 Å². The summed E-state index contributed by atoms with van der Waals surface area (Å²) in [5.41, 5.74) is 0.486. The van der Waals surface area contributed by atoms with Crippen molar-refractivity contribution in [3.8, 4) is 11.5 Å². The number of benzene rings is 1. The number of carbonyl (C=O) groups is 1. The molecule has 1 fully saturated rings. The predicted octanol–water partition coefficient (Wildman–Crippen LogP) is 3.17. The average molecular weight is 321 g/mol. The van der Waals surface area contributed by atoms with E-state index in [1.165, 1.54) is 0 Å². The fourth-order valence-electron chi connectivity index (χ4n) is 2.88. The molecule has 5 heteroatoms. The molecule has 0 aliphatic carbocycles. The highest BCUT2D eigenvalue weighted by Crippen LogP contribution is 2.33. The van der Waals surface area contributed by atoms with Crippen LogP contribution in [-0.4, -0.2) is 42.8 Å². The summed E-state index contributed by atoms with van der Waals surface area (Å²) >= 11 is 0. The van der Waals surface area contributed by atoms with E-state index in [1.54, 1.807) is 7.11 Å². The molecule has 0 radical (unpaired) electrons. The van der Waals surface area contributed by atoms with Gasteiger partial charge in [0.25, 0.3) is 0 Å². The van der Waals surface area contributed by atoms with Crippen LogP contribution in [0.25, 0.3) is 0 Å². The van der Waals surface area contributed by atoms with Crippen molar-refractivity contribution < 1.29 is 19.4 Å². The molecular weight excluding hydrogens is 294 g/mol. The minimum Gasteiger partial charge on any atom is -0.493 e. The molecule has 0 saturated carbocycles. The minimum absolute atomic E-state index is 0.584. The van der Waals surface area contributed by atoms with Gasteiger partial charge in [0, 0.05) is 13.1 Å². The van der Waals surface area contributed by atoms with Crippen molar-refractivity contribution in [2.45, 2.75) is 39.7 Å². The van der Waals surface area contributed by atoms with E-state index in [0.717, 1.165) is 43.0 Å². The maximum atomic E-state index is 11.3. The standard InChI is InChI=1S/C18H27NO4/c1-4-5-10-23-16-11-14(6-7-15(16)22-3)12-19-9-8-18(2,13-19)17(20)21/h6-7,11H,4-5,8-10,12-13H2,1-3H3,(H,20,21). The molecular formula is C18H27NO4. The van der Waals surface area contributed by atoms with Crippen LogP contribution < -0.4 is 9.47 Å². The van der Waals surface area contributed by atoms with E-state index >= 15 is 0 Å². The van der Waals surface area contributed by atoms with Crippen molar-refractivity contribution in [2.24, 2.45) is 5.41 Å². The number of hydrogen-bond acceptors (Lipinski definition) is 4. The van der Waals surface area contributed by atoms with Crippen LogP contribution in [0.1, 0.15) is 38.7 Å². The first-order valence-corrected chi connectivity index (χ1v) is 8.24. The molecule has 1 aromatic rings. The molecule has 1 N–H and O–H groups in total. The molecule has 1 unspecified atom stereocenters. The Hall–Kier alpha value is -1.75. The Kier molecular flexibility index (Phi) is 5.88. The smallest absolute Gasteiger partial charge is 0.310 e. The summed E-state index contributed by atoms with van der Waals surface area (Å²) in [7, 11) is 1.64. The number of carboxylic acids is 1. The van der Waals surface area contributed by atoms with Crippen LogP contribution in [0.5, 0.6) is 11.5 Å². The lowest BCUT2D eigenvalue weighted by Crippen LogP contribution is -2.31. The summed E-state index contributed by atoms with van der Waals surface area (Å²) in [6.45, 7) is 6.75. The Balaban J connectivity index is 2.03. The molecule has 0 spiro atoms. The van der Waals surface area contributed by atoms with Crippen LogP contribution in [0.2, 0.25) is 0 Å². The van der Waals surface area contributed by atoms with E-state index in [9.17, 15) is 9.90 Å². The Morgan fingerprint density at radius 2 is 2.17 bits per heavy atom. The first-order valence-electron chi connectivity index (χ1n) is 8.24. The summed E-state index contributed by atoms with van der Waals surface area (Å²) < 4.78 is 11.2. The molecule has 1 aromatic carbocycles. The number of likely N-dealkylation sites (tertiary alicyclic amines) is 1. The van der Waals surface area contributed by atoms with Gasteiger partial charge in [-0.3, -0.25) is 9.69 Å². The number of rotatable bonds is 8. The van der Waals surface area contributed by atoms with Crippen LogP contribution in [-0.2, 0) is 11.3 Å². The molecule has 128 valence electrons. The van der Waals surface area contributed by atoms with Crippen molar-refractivity contribution in [2.75, 3.05) is 26.8 Å². The number of aliphatic carboxylic acids is 1. The highest BCUT2D eigenvalue weighted by Gasteiger charge is 2.40. The zero-order valence-electron chi connectivity index (χ0n) is 14.3. The van der Waals surface area contributed by atoms with Gasteiger partial charge >= 0.3 is 5.97 Å². The maximum Gasteiger partial charge on any atom is 0.310 e. The topological polar surface area (TPSA) is 59.0 Å². The third-order valence-corrected chi connectivity index (χ3v) is 4.46. The normalized spacial score (nSPS) is 21.3. The van der Waals surface area contributed by atoms with Crippen LogP contribution in [0.15, 0.2) is 18.2 Å². The molecule has 1 aliphatic heterocycles. The molecule has 0 aromatic heterocycles. The van der Waals surface area contributed by atoms with Crippen LogP contribution in [0.4, 0.5) is 0 Å². The number of carboxylic acid groups (broad SMARTS) is 1. The van der Waals surface area contributed by atoms with Crippen molar-refractivity contribution in [1.82, 2.24) is 4.90 Å². The van der Waals surface area contributed by atoms with Crippen LogP contribution >= 0.6 is 0 Å². The third kappa shape index (κ3) is 4.38. The van der Waals surface area contributed by atoms with Crippen LogP contribution in [0.3, 0.4) is 0 Å². The number of methoxy groups -OCH3 is 1. The predicted molar refractivity (Wildman–Crippen MR) is 89.0 cm³/mol. The molecule has 5 nitrogen and oxygen atoms in total. The van der Waals surface area contributed by atoms with E-state index in [-0.39, 0.29) is 0 Å². The van der Waals surface area contributed by atoms with Gasteiger partial charge in [0.1, 0.15) is 0 Å². The molecule has 23 heavy (non-hydrogen) atoms. The lowest BCUT2D eigenvalue weighted by Gasteiger charge is -2.20. The molecule has 2 rings (SSSR count). The highest BCUT2D eigenvalue weighted by molar-refractivity contribution is 5.74. The van der Waals surface area contributed by atoms with Gasteiger partial charge in [-0.05, 0) is 44.0 Å². The average Bonchev–Trinajstić information content (AvgIpc) is 2.90. The third-order valence-electron chi connectivity index (χ3n) is 4.46. The lowest BCUT2D eigenvalue weighted by atomic mass is 9.90. The van der Waals surface area contributed by atoms with Gasteiger partial charge in [-0.1, -0.05) is 19.4 Å². The molecule has 1 atom stereocenters. The minimum atomic E-state index is -0.710. The quantitative estimate of drug-likeness (QED) is 0.745. The van der Waals surface area contributed by atoms with E-state index in [4.69, 9.17) is 9.47 Å². The van der Waals surface area contributed by atoms with Gasteiger partial charge in [-0.2, -0.15) is 0 Å². The number of hydrogen-bond donors (Lipinski definition) is 1. The lowest BCUT2D eigenvalue weighted by molar-refractivity contribution is -0.147. The number of ether oxygens (including phenoxy) is 2. The summed E-state index contributed by atoms with van der Waals surface area (Å²) in [4.78, 5) is 13.5. The Bertz CT molecular complexity index is 546. The van der Waals surface area contributed by atoms with Gasteiger partial charge in [0.05, 0.1) is 19.1 Å². The fraction of sp³-hybridized carbons (Fsp3) is 0.611. The van der Waals surface area contributed by atoms with Crippen LogP contribution in [0, 0.1) is 5.41 Å². The van der Waals surface area contributed by atoms with Gasteiger partial charge in [0.15, 0.2) is 11.5 Å². The van der Waals surface area contributed by atoms with Crippen molar-refractivity contribution >= 4 is 5.97 Å². The monoisotopic (exact) mass is 321 g/mol. The second-order valence-corrected chi connectivity index (χ2v) is 6.51. The fourth-order valence-corrected chi connectivity index (χ4v) is 2.88. The second-order valence-electron chi connectivity index (χ2n) is 6.51. The summed E-state index contributed by atoms with van der Waals surface area (Å²) in [5.74, 6) is 0.790. The van der Waals surface area contributed by atoms with Crippen molar-refractivity contribution in [3.05, 3.63) is 23.8 Å². The van der Waals surface area contributed by atoms with Gasteiger partial charge in [-0.15, -0.1) is 0 Å². The summed E-state index contributed by atoms with van der Waals surface area (Å²) in [5, 5.41) is 9.33. The molecule has 0 bridgehead atoms. The largest absolute Gasteiger partial charge is 0.493 e. The zero-order valence-corrected chi connectivity index (χ0v) is 14.3. The summed E-state index contributed by atoms with van der Waals surface area (Å²) in [6.07, 6.45) is 2.79. The Labute approximate surface area is 138 Å². The summed E-state index contributed by atoms with van der Waals surface area (Å²) in [6, 6.07) is 5.94. The van der Waals surface area contributed by atoms with E-state index in [2.05, 4.69) is 11.8 Å². The molecule has 1 heterocycles. The molecule has 0 amide bonds. The van der Waals surface area contributed by atoms with Gasteiger partial charge in [0.2, 0.25) is 0 Å². The maximum absolute atomic E-state index is 11.3. The highest BCUT2D eigenvalue weighted by atomic mass is 16.5. The Morgan fingerprint density at radius 3 is 2.78 bits per heavy atom. The van der Waals surface area contributed by atoms with Crippen molar-refractivity contribution in [1.29, 1.82) is 0 Å². The van der Waals surface area contributed by atoms with Crippen molar-refractivity contribution in [3.63, 3.8) is 0 Å². The number of nitrogens with zero attached hydrogens (tertiary/aromatic N) is 1. The zero-order chi connectivity index (χ0) is 16.9. The second kappa shape index (κ2) is 7.68. The first-order chi connectivity index (χ1) is 11.0. The number of unbranched alkanes of at least 4 members (excludes halogenated alkanes) is 1. The van der Waals surface area contributed by atoms with Gasteiger partial charge < -0.3 is 14.6 Å². The molecule has 1 saturated heterocycles. The van der Waals surface area contributed by atoms with E-state index in [1.807, 2.05) is 25.1 Å². The Morgan fingerprint density at radius 1 is 1.39 bits per heavy atom. The first kappa shape index (κ1) is 17.6. The van der Waals surface area contributed by atoms with Gasteiger partial charge in [-0.25, -0.2) is 0 Å². The van der Waals surface area contributed by atoms with E-state index in [0.29, 0.717) is 19.6 Å². The molecule has 1 aliphatic rings. The SMILES string of the molecule is CCCCOc1cc(CN2CCC(C)(C(=O)O)C2)ccc1OC.